The number of benzene rings is 1. The van der Waals surface area contributed by atoms with E-state index in [1.54, 1.807) is 12.1 Å². The van der Waals surface area contributed by atoms with Crippen molar-refractivity contribution in [1.29, 1.82) is 0 Å². The van der Waals surface area contributed by atoms with E-state index in [-0.39, 0.29) is 18.5 Å². The molecule has 0 radical (unpaired) electrons. The van der Waals surface area contributed by atoms with Gasteiger partial charge in [0.05, 0.1) is 6.10 Å². The van der Waals surface area contributed by atoms with Gasteiger partial charge in [-0.3, -0.25) is 4.90 Å². The molecule has 2 unspecified atom stereocenters. The third kappa shape index (κ3) is 3.80. The first-order valence-electron chi connectivity index (χ1n) is 6.88. The fourth-order valence-electron chi connectivity index (χ4n) is 2.39. The molecule has 2 atom stereocenters. The Morgan fingerprint density at radius 3 is 2.90 bits per heavy atom. The highest BCUT2D eigenvalue weighted by Gasteiger charge is 2.24. The number of piperidine rings is 1. The van der Waals surface area contributed by atoms with Gasteiger partial charge in [0.2, 0.25) is 0 Å². The fraction of sp³-hybridized carbons (Fsp3) is 0.500. The number of halogens is 1. The van der Waals surface area contributed by atoms with E-state index in [1.807, 2.05) is 6.92 Å². The lowest BCUT2D eigenvalue weighted by Crippen LogP contribution is -2.42. The van der Waals surface area contributed by atoms with Crippen LogP contribution >= 0.6 is 0 Å². The minimum Gasteiger partial charge on any atom is -0.392 e. The molecule has 2 rings (SSSR count). The first-order chi connectivity index (χ1) is 9.60. The minimum atomic E-state index is -0.332. The average molecular weight is 277 g/mol. The molecule has 1 heterocycles. The highest BCUT2D eigenvalue weighted by Crippen LogP contribution is 2.20. The zero-order valence-electron chi connectivity index (χ0n) is 11.6. The molecule has 1 saturated heterocycles. The maximum absolute atomic E-state index is 14.0. The molecule has 20 heavy (non-hydrogen) atoms. The Labute approximate surface area is 119 Å². The van der Waals surface area contributed by atoms with Crippen LogP contribution in [0.2, 0.25) is 0 Å². The number of hydrogen-bond donors (Lipinski definition) is 2. The molecule has 0 saturated carbocycles. The van der Waals surface area contributed by atoms with Crippen LogP contribution in [0.5, 0.6) is 0 Å². The number of likely N-dealkylation sites (tertiary alicyclic amines) is 1. The van der Waals surface area contributed by atoms with Crippen LogP contribution in [0, 0.1) is 23.6 Å². The first kappa shape index (κ1) is 15.0. The van der Waals surface area contributed by atoms with E-state index >= 15 is 0 Å². The third-order valence-electron chi connectivity index (χ3n) is 3.76. The summed E-state index contributed by atoms with van der Waals surface area (Å²) in [6, 6.07) is 4.87. The molecule has 0 bridgehead atoms. The van der Waals surface area contributed by atoms with Crippen LogP contribution in [0.4, 0.5) is 4.39 Å². The Morgan fingerprint density at radius 1 is 1.45 bits per heavy atom. The molecule has 0 spiro atoms. The Bertz CT molecular complexity index is 521. The monoisotopic (exact) mass is 277 g/mol. The number of hydrogen-bond acceptors (Lipinski definition) is 3. The van der Waals surface area contributed by atoms with Crippen molar-refractivity contribution >= 4 is 0 Å². The quantitative estimate of drug-likeness (QED) is 0.803. The summed E-state index contributed by atoms with van der Waals surface area (Å²) in [5, 5.41) is 18.5. The number of β-amino-alcohol motifs (C(OH)–C–C–N with tert-alkyl or cyclic N) is 1. The van der Waals surface area contributed by atoms with Gasteiger partial charge in [0.25, 0.3) is 0 Å². The molecule has 1 aromatic carbocycles. The molecular formula is C16H20FNO2. The lowest BCUT2D eigenvalue weighted by molar-refractivity contribution is 0.0255. The number of aliphatic hydroxyl groups is 2. The highest BCUT2D eigenvalue weighted by atomic mass is 19.1. The first-order valence-corrected chi connectivity index (χ1v) is 6.88. The summed E-state index contributed by atoms with van der Waals surface area (Å²) in [5.41, 5.74) is 1.17. The molecule has 0 aromatic heterocycles. The molecule has 0 amide bonds. The molecule has 4 heteroatoms. The number of nitrogens with zero attached hydrogens (tertiary/aromatic N) is 1. The normalized spacial score (nSPS) is 23.2. The number of rotatable bonds is 2. The van der Waals surface area contributed by atoms with Crippen molar-refractivity contribution in [1.82, 2.24) is 4.90 Å². The lowest BCUT2D eigenvalue weighted by Gasteiger charge is -2.34. The molecule has 1 aromatic rings. The smallest absolute Gasteiger partial charge is 0.128 e. The third-order valence-corrected chi connectivity index (χ3v) is 3.76. The second-order valence-corrected chi connectivity index (χ2v) is 5.33. The van der Waals surface area contributed by atoms with Gasteiger partial charge in [0.15, 0.2) is 0 Å². The van der Waals surface area contributed by atoms with Gasteiger partial charge < -0.3 is 10.2 Å². The van der Waals surface area contributed by atoms with Crippen LogP contribution in [0.15, 0.2) is 18.2 Å². The van der Waals surface area contributed by atoms with Crippen molar-refractivity contribution in [3.05, 3.63) is 35.1 Å². The van der Waals surface area contributed by atoms with Crippen LogP contribution < -0.4 is 0 Å². The average Bonchev–Trinajstić information content (AvgIpc) is 2.43. The molecule has 108 valence electrons. The van der Waals surface area contributed by atoms with E-state index in [4.69, 9.17) is 5.11 Å². The van der Waals surface area contributed by atoms with Crippen molar-refractivity contribution in [2.45, 2.75) is 26.0 Å². The molecule has 2 N–H and O–H groups in total. The van der Waals surface area contributed by atoms with E-state index in [1.165, 1.54) is 6.07 Å². The van der Waals surface area contributed by atoms with Gasteiger partial charge in [-0.2, -0.15) is 0 Å². The van der Waals surface area contributed by atoms with Crippen LogP contribution in [0.25, 0.3) is 0 Å². The van der Waals surface area contributed by atoms with Crippen molar-refractivity contribution in [2.75, 3.05) is 19.7 Å². The Kier molecular flexibility index (Phi) is 5.13. The van der Waals surface area contributed by atoms with Gasteiger partial charge in [-0.1, -0.05) is 24.8 Å². The molecule has 1 aliphatic heterocycles. The second-order valence-electron chi connectivity index (χ2n) is 5.33. The van der Waals surface area contributed by atoms with Gasteiger partial charge in [-0.15, -0.1) is 0 Å². The van der Waals surface area contributed by atoms with Gasteiger partial charge in [-0.05, 0) is 31.0 Å². The van der Waals surface area contributed by atoms with Crippen molar-refractivity contribution < 1.29 is 14.6 Å². The summed E-state index contributed by atoms with van der Waals surface area (Å²) in [4.78, 5) is 2.07. The summed E-state index contributed by atoms with van der Waals surface area (Å²) in [6.45, 7) is 3.78. The van der Waals surface area contributed by atoms with E-state index in [0.717, 1.165) is 13.0 Å². The van der Waals surface area contributed by atoms with Crippen LogP contribution in [-0.2, 0) is 6.54 Å². The zero-order valence-corrected chi connectivity index (χ0v) is 11.6. The zero-order chi connectivity index (χ0) is 14.5. The van der Waals surface area contributed by atoms with Gasteiger partial charge >= 0.3 is 0 Å². The predicted molar refractivity (Wildman–Crippen MR) is 75.4 cm³/mol. The maximum atomic E-state index is 14.0. The summed E-state index contributed by atoms with van der Waals surface area (Å²) >= 11 is 0. The van der Waals surface area contributed by atoms with Gasteiger partial charge in [0, 0.05) is 24.2 Å². The van der Waals surface area contributed by atoms with E-state index in [2.05, 4.69) is 16.7 Å². The van der Waals surface area contributed by atoms with Crippen LogP contribution in [-0.4, -0.2) is 40.9 Å². The Balaban J connectivity index is 2.03. The standard InChI is InChI=1S/C16H20FNO2/c1-12-6-7-18(11-16(12)20)10-14-5-4-13(3-2-8-19)9-15(14)17/h4-5,9,12,16,19-20H,6-8,10-11H2,1H3. The molecule has 3 nitrogen and oxygen atoms in total. The minimum absolute atomic E-state index is 0.229. The number of aliphatic hydroxyl groups excluding tert-OH is 2. The molecule has 1 fully saturated rings. The van der Waals surface area contributed by atoms with E-state index < -0.39 is 0 Å². The van der Waals surface area contributed by atoms with E-state index in [0.29, 0.717) is 30.1 Å². The second kappa shape index (κ2) is 6.85. The lowest BCUT2D eigenvalue weighted by atomic mass is 9.95. The van der Waals surface area contributed by atoms with Gasteiger partial charge in [0.1, 0.15) is 12.4 Å². The van der Waals surface area contributed by atoms with Crippen LogP contribution in [0.3, 0.4) is 0 Å². The predicted octanol–water partition coefficient (Wildman–Crippen LogP) is 1.37. The van der Waals surface area contributed by atoms with Crippen molar-refractivity contribution in [3.8, 4) is 11.8 Å². The van der Waals surface area contributed by atoms with Crippen molar-refractivity contribution in [2.24, 2.45) is 5.92 Å². The fourth-order valence-corrected chi connectivity index (χ4v) is 2.39. The molecule has 0 aliphatic carbocycles. The van der Waals surface area contributed by atoms with Gasteiger partial charge in [-0.25, -0.2) is 4.39 Å². The van der Waals surface area contributed by atoms with Crippen LogP contribution in [0.1, 0.15) is 24.5 Å². The SMILES string of the molecule is CC1CCN(Cc2ccc(C#CCO)cc2F)CC1O. The molecule has 1 aliphatic rings. The summed E-state index contributed by atoms with van der Waals surface area (Å²) in [7, 11) is 0. The summed E-state index contributed by atoms with van der Waals surface area (Å²) in [5.74, 6) is 5.21. The van der Waals surface area contributed by atoms with E-state index in [9.17, 15) is 9.50 Å². The Morgan fingerprint density at radius 2 is 2.25 bits per heavy atom. The summed E-state index contributed by atoms with van der Waals surface area (Å²) < 4.78 is 14.0. The topological polar surface area (TPSA) is 43.7 Å². The molecular weight excluding hydrogens is 257 g/mol. The largest absolute Gasteiger partial charge is 0.392 e. The Hall–Kier alpha value is -1.41. The highest BCUT2D eigenvalue weighted by molar-refractivity contribution is 5.37. The summed E-state index contributed by atoms with van der Waals surface area (Å²) in [6.07, 6.45) is 0.601. The maximum Gasteiger partial charge on any atom is 0.128 e. The van der Waals surface area contributed by atoms with Crippen molar-refractivity contribution in [3.63, 3.8) is 0 Å².